The van der Waals surface area contributed by atoms with E-state index in [0.717, 1.165) is 0 Å². The van der Waals surface area contributed by atoms with Crippen molar-refractivity contribution in [3.05, 3.63) is 0 Å². The first-order valence-corrected chi connectivity index (χ1v) is 4.08. The van der Waals surface area contributed by atoms with E-state index in [0.29, 0.717) is 19.6 Å². The van der Waals surface area contributed by atoms with Crippen molar-refractivity contribution >= 4 is 5.97 Å². The molecule has 1 fully saturated rings. The van der Waals surface area contributed by atoms with Crippen molar-refractivity contribution in [2.75, 3.05) is 13.2 Å². The van der Waals surface area contributed by atoms with Gasteiger partial charge in [0.05, 0.1) is 13.2 Å². The van der Waals surface area contributed by atoms with Gasteiger partial charge in [-0.2, -0.15) is 0 Å². The van der Waals surface area contributed by atoms with Crippen molar-refractivity contribution in [2.45, 2.75) is 26.6 Å². The summed E-state index contributed by atoms with van der Waals surface area (Å²) in [4.78, 5) is 10.9. The van der Waals surface area contributed by atoms with Crippen molar-refractivity contribution in [3.8, 4) is 0 Å². The SMILES string of the molecule is CCC(C)(C(=O)O)C1OCCO1. The number of aliphatic carboxylic acids is 1. The number of carbonyl (C=O) groups is 1. The van der Waals surface area contributed by atoms with Crippen LogP contribution in [-0.4, -0.2) is 30.6 Å². The molecule has 1 rings (SSSR count). The third-order valence-electron chi connectivity index (χ3n) is 2.37. The molecular weight excluding hydrogens is 160 g/mol. The van der Waals surface area contributed by atoms with Crippen LogP contribution in [0.25, 0.3) is 0 Å². The first-order chi connectivity index (χ1) is 5.61. The van der Waals surface area contributed by atoms with E-state index in [1.54, 1.807) is 6.92 Å². The van der Waals surface area contributed by atoms with Crippen LogP contribution in [0.3, 0.4) is 0 Å². The minimum atomic E-state index is -0.906. The molecular formula is C8H14O4. The Bertz CT molecular complexity index is 174. The molecule has 0 spiro atoms. The molecule has 1 N–H and O–H groups in total. The van der Waals surface area contributed by atoms with E-state index in [-0.39, 0.29) is 0 Å². The summed E-state index contributed by atoms with van der Waals surface area (Å²) in [6.07, 6.45) is -0.0764. The molecule has 1 atom stereocenters. The largest absolute Gasteiger partial charge is 0.481 e. The average molecular weight is 174 g/mol. The third kappa shape index (κ3) is 1.44. The van der Waals surface area contributed by atoms with Gasteiger partial charge >= 0.3 is 5.97 Å². The quantitative estimate of drug-likeness (QED) is 0.689. The van der Waals surface area contributed by atoms with Gasteiger partial charge in [0.1, 0.15) is 5.41 Å². The zero-order chi connectivity index (χ0) is 9.19. The fourth-order valence-electron chi connectivity index (χ4n) is 1.14. The van der Waals surface area contributed by atoms with Gasteiger partial charge in [-0.1, -0.05) is 6.92 Å². The van der Waals surface area contributed by atoms with Crippen molar-refractivity contribution in [2.24, 2.45) is 5.41 Å². The summed E-state index contributed by atoms with van der Waals surface area (Å²) in [5, 5.41) is 8.93. The molecule has 4 heteroatoms. The summed E-state index contributed by atoms with van der Waals surface area (Å²) >= 11 is 0. The van der Waals surface area contributed by atoms with Crippen molar-refractivity contribution in [1.29, 1.82) is 0 Å². The van der Waals surface area contributed by atoms with Gasteiger partial charge < -0.3 is 14.6 Å². The Labute approximate surface area is 71.5 Å². The highest BCUT2D eigenvalue weighted by molar-refractivity contribution is 5.74. The Balaban J connectivity index is 2.70. The van der Waals surface area contributed by atoms with Crippen LogP contribution >= 0.6 is 0 Å². The number of hydrogen-bond acceptors (Lipinski definition) is 3. The maximum atomic E-state index is 10.9. The maximum absolute atomic E-state index is 10.9. The topological polar surface area (TPSA) is 55.8 Å². The molecule has 70 valence electrons. The van der Waals surface area contributed by atoms with E-state index >= 15 is 0 Å². The second-order valence-corrected chi connectivity index (χ2v) is 3.15. The molecule has 0 aromatic rings. The van der Waals surface area contributed by atoms with Gasteiger partial charge in [-0.25, -0.2) is 0 Å². The van der Waals surface area contributed by atoms with Crippen LogP contribution in [0.5, 0.6) is 0 Å². The molecule has 12 heavy (non-hydrogen) atoms. The van der Waals surface area contributed by atoms with Crippen molar-refractivity contribution < 1.29 is 19.4 Å². The normalized spacial score (nSPS) is 23.8. The number of hydrogen-bond donors (Lipinski definition) is 1. The number of rotatable bonds is 3. The molecule has 1 heterocycles. The Morgan fingerprint density at radius 1 is 1.58 bits per heavy atom. The standard InChI is InChI=1S/C8H14O4/c1-3-8(2,6(9)10)7-11-4-5-12-7/h7H,3-5H2,1-2H3,(H,9,10). The highest BCUT2D eigenvalue weighted by Gasteiger charge is 2.43. The molecule has 4 nitrogen and oxygen atoms in total. The first-order valence-electron chi connectivity index (χ1n) is 4.08. The summed E-state index contributed by atoms with van der Waals surface area (Å²) in [5.41, 5.74) is -0.906. The Kier molecular flexibility index (Phi) is 2.69. The fraction of sp³-hybridized carbons (Fsp3) is 0.875. The fourth-order valence-corrected chi connectivity index (χ4v) is 1.14. The lowest BCUT2D eigenvalue weighted by molar-refractivity contribution is -0.177. The molecule has 0 bridgehead atoms. The predicted octanol–water partition coefficient (Wildman–Crippen LogP) is 0.860. The predicted molar refractivity (Wildman–Crippen MR) is 41.7 cm³/mol. The molecule has 1 aliphatic rings. The number of ether oxygens (including phenoxy) is 2. The molecule has 0 radical (unpaired) electrons. The first kappa shape index (κ1) is 9.48. The van der Waals surface area contributed by atoms with Crippen LogP contribution in [0.4, 0.5) is 0 Å². The van der Waals surface area contributed by atoms with Crippen LogP contribution in [0.2, 0.25) is 0 Å². The average Bonchev–Trinajstić information content (AvgIpc) is 2.54. The summed E-state index contributed by atoms with van der Waals surface area (Å²) in [5.74, 6) is -0.864. The van der Waals surface area contributed by atoms with Crippen LogP contribution < -0.4 is 0 Å². The van der Waals surface area contributed by atoms with Crippen LogP contribution in [0.15, 0.2) is 0 Å². The van der Waals surface area contributed by atoms with E-state index in [2.05, 4.69) is 0 Å². The zero-order valence-corrected chi connectivity index (χ0v) is 7.37. The molecule has 0 saturated carbocycles. The zero-order valence-electron chi connectivity index (χ0n) is 7.37. The van der Waals surface area contributed by atoms with E-state index in [4.69, 9.17) is 14.6 Å². The van der Waals surface area contributed by atoms with Gasteiger partial charge in [0.2, 0.25) is 0 Å². The molecule has 1 saturated heterocycles. The van der Waals surface area contributed by atoms with E-state index in [9.17, 15) is 4.79 Å². The third-order valence-corrected chi connectivity index (χ3v) is 2.37. The monoisotopic (exact) mass is 174 g/mol. The minimum Gasteiger partial charge on any atom is -0.481 e. The van der Waals surface area contributed by atoms with Gasteiger partial charge in [0, 0.05) is 0 Å². The number of carboxylic acid groups (broad SMARTS) is 1. The van der Waals surface area contributed by atoms with Gasteiger partial charge in [-0.15, -0.1) is 0 Å². The lowest BCUT2D eigenvalue weighted by Crippen LogP contribution is -2.40. The van der Waals surface area contributed by atoms with Crippen LogP contribution in [-0.2, 0) is 14.3 Å². The molecule has 0 aromatic heterocycles. The second-order valence-electron chi connectivity index (χ2n) is 3.15. The Morgan fingerprint density at radius 2 is 2.08 bits per heavy atom. The minimum absolute atomic E-state index is 0.494. The highest BCUT2D eigenvalue weighted by Crippen LogP contribution is 2.31. The molecule has 0 aliphatic carbocycles. The summed E-state index contributed by atoms with van der Waals surface area (Å²) < 4.78 is 10.3. The Morgan fingerprint density at radius 3 is 2.42 bits per heavy atom. The van der Waals surface area contributed by atoms with E-state index < -0.39 is 17.7 Å². The van der Waals surface area contributed by atoms with Gasteiger partial charge in [0.25, 0.3) is 0 Å². The van der Waals surface area contributed by atoms with Gasteiger partial charge in [0.15, 0.2) is 6.29 Å². The van der Waals surface area contributed by atoms with Gasteiger partial charge in [-0.3, -0.25) is 4.79 Å². The van der Waals surface area contributed by atoms with Crippen molar-refractivity contribution in [1.82, 2.24) is 0 Å². The van der Waals surface area contributed by atoms with Gasteiger partial charge in [-0.05, 0) is 13.3 Å². The van der Waals surface area contributed by atoms with Crippen molar-refractivity contribution in [3.63, 3.8) is 0 Å². The Hall–Kier alpha value is -0.610. The molecule has 0 amide bonds. The van der Waals surface area contributed by atoms with E-state index in [1.165, 1.54) is 0 Å². The lowest BCUT2D eigenvalue weighted by Gasteiger charge is -2.27. The lowest BCUT2D eigenvalue weighted by atomic mass is 9.87. The van der Waals surface area contributed by atoms with E-state index in [1.807, 2.05) is 6.92 Å². The molecule has 1 unspecified atom stereocenters. The molecule has 0 aromatic carbocycles. The second kappa shape index (κ2) is 3.41. The summed E-state index contributed by atoms with van der Waals surface area (Å²) in [7, 11) is 0. The maximum Gasteiger partial charge on any atom is 0.314 e. The number of carboxylic acids is 1. The summed E-state index contributed by atoms with van der Waals surface area (Å²) in [6, 6.07) is 0. The summed E-state index contributed by atoms with van der Waals surface area (Å²) in [6.45, 7) is 4.45. The molecule has 1 aliphatic heterocycles. The smallest absolute Gasteiger partial charge is 0.314 e. The van der Waals surface area contributed by atoms with Crippen LogP contribution in [0.1, 0.15) is 20.3 Å². The highest BCUT2D eigenvalue weighted by atomic mass is 16.7. The van der Waals surface area contributed by atoms with Crippen LogP contribution in [0, 0.1) is 5.41 Å².